The average Bonchev–Trinajstić information content (AvgIpc) is 2.92. The zero-order valence-corrected chi connectivity index (χ0v) is 15.0. The van der Waals surface area contributed by atoms with E-state index in [2.05, 4.69) is 10.4 Å². The summed E-state index contributed by atoms with van der Waals surface area (Å²) in [5, 5.41) is 7.62. The molecule has 0 radical (unpaired) electrons. The van der Waals surface area contributed by atoms with Crippen molar-refractivity contribution in [1.29, 1.82) is 0 Å². The molecule has 1 unspecified atom stereocenters. The van der Waals surface area contributed by atoms with Gasteiger partial charge in [0.25, 0.3) is 5.91 Å². The van der Waals surface area contributed by atoms with E-state index in [4.69, 9.17) is 23.2 Å². The summed E-state index contributed by atoms with van der Waals surface area (Å²) in [6, 6.07) is 4.74. The number of amides is 1. The Morgan fingerprint density at radius 1 is 1.38 bits per heavy atom. The molecule has 1 N–H and O–H groups in total. The number of hydrogen-bond acceptors (Lipinski definition) is 4. The van der Waals surface area contributed by atoms with Gasteiger partial charge in [0, 0.05) is 5.02 Å². The fourth-order valence-electron chi connectivity index (χ4n) is 2.48. The molecule has 0 fully saturated rings. The minimum atomic E-state index is -3.33. The van der Waals surface area contributed by atoms with Crippen molar-refractivity contribution >= 4 is 45.2 Å². The van der Waals surface area contributed by atoms with E-state index >= 15 is 0 Å². The van der Waals surface area contributed by atoms with Crippen LogP contribution in [0.1, 0.15) is 16.1 Å². The van der Waals surface area contributed by atoms with Gasteiger partial charge < -0.3 is 9.87 Å². The van der Waals surface area contributed by atoms with Crippen molar-refractivity contribution in [3.8, 4) is 0 Å². The summed E-state index contributed by atoms with van der Waals surface area (Å²) in [6.45, 7) is 0.838. The lowest BCUT2D eigenvalue weighted by Crippen LogP contribution is -2.41. The molecule has 1 amide bonds. The lowest BCUT2D eigenvalue weighted by molar-refractivity contribution is 0.102. The predicted octanol–water partition coefficient (Wildman–Crippen LogP) is 2.43. The highest BCUT2D eigenvalue weighted by molar-refractivity contribution is 7.94. The molecule has 1 aliphatic heterocycles. The van der Waals surface area contributed by atoms with Crippen LogP contribution >= 0.6 is 23.2 Å². The highest BCUT2D eigenvalue weighted by Gasteiger charge is 2.31. The van der Waals surface area contributed by atoms with Crippen LogP contribution in [0.25, 0.3) is 0 Å². The summed E-state index contributed by atoms with van der Waals surface area (Å²) < 4.78 is 26.4. The number of halogens is 2. The van der Waals surface area contributed by atoms with E-state index in [1.165, 1.54) is 16.6 Å². The Morgan fingerprint density at radius 2 is 2.12 bits per heavy atom. The standard InChI is InChI=1S/C14H14Cl2N4O3S/c1-24(22,23)19-4-5-20-13(8-19)10(7-17-20)14(21)18-12-3-2-9(15)6-11(12)16/h2-3,6-7H,4-5,8H2,1H3,(H-,18,21,22,23). The summed E-state index contributed by atoms with van der Waals surface area (Å²) >= 11 is 11.9. The maximum absolute atomic E-state index is 12.5. The second kappa shape index (κ2) is 6.45. The van der Waals surface area contributed by atoms with Crippen LogP contribution in [0.5, 0.6) is 0 Å². The molecular formula is C14H14Cl2N4O3S. The van der Waals surface area contributed by atoms with Crippen LogP contribution in [-0.4, -0.2) is 37.3 Å². The third-order valence-electron chi connectivity index (χ3n) is 3.73. The van der Waals surface area contributed by atoms with Gasteiger partial charge in [-0.2, -0.15) is 5.10 Å². The molecule has 1 aliphatic rings. The Labute approximate surface area is 149 Å². The maximum atomic E-state index is 12.5. The molecule has 2 aromatic rings. The number of benzene rings is 1. The van der Waals surface area contributed by atoms with Gasteiger partial charge in [0.15, 0.2) is 0 Å². The maximum Gasteiger partial charge on any atom is 0.259 e. The van der Waals surface area contributed by atoms with E-state index in [0.29, 0.717) is 40.1 Å². The minimum absolute atomic E-state index is 0.107. The first-order chi connectivity index (χ1) is 11.3. The van der Waals surface area contributed by atoms with Crippen LogP contribution < -0.4 is 5.32 Å². The molecule has 0 saturated carbocycles. The summed E-state index contributed by atoms with van der Waals surface area (Å²) in [4.78, 5) is 12.5. The van der Waals surface area contributed by atoms with Crippen LogP contribution in [0.3, 0.4) is 0 Å². The van der Waals surface area contributed by atoms with Crippen molar-refractivity contribution < 1.29 is 13.6 Å². The molecular weight excluding hydrogens is 375 g/mol. The molecule has 128 valence electrons. The summed E-state index contributed by atoms with van der Waals surface area (Å²) in [6.07, 6.45) is 2.58. The number of fused-ring (bicyclic) bond motifs is 1. The topological polar surface area (TPSA) is 90.3 Å². The van der Waals surface area contributed by atoms with Gasteiger partial charge in [-0.1, -0.05) is 27.4 Å². The molecule has 0 saturated heterocycles. The average molecular weight is 389 g/mol. The molecule has 3 rings (SSSR count). The molecule has 1 atom stereocenters. The van der Waals surface area contributed by atoms with E-state index in [9.17, 15) is 13.6 Å². The molecule has 0 bridgehead atoms. The normalized spacial score (nSPS) is 17.2. The summed E-state index contributed by atoms with van der Waals surface area (Å²) in [5.74, 6) is -0.407. The SMILES string of the molecule is C[S+](=O)([O-])N1CCn2ncc(C(=O)Nc3ccc(Cl)cc3Cl)c2C1. The van der Waals surface area contributed by atoms with Crippen LogP contribution in [-0.2, 0) is 27.7 Å². The predicted molar refractivity (Wildman–Crippen MR) is 91.8 cm³/mol. The fourth-order valence-corrected chi connectivity index (χ4v) is 3.70. The van der Waals surface area contributed by atoms with E-state index < -0.39 is 16.3 Å². The van der Waals surface area contributed by atoms with Crippen molar-refractivity contribution in [3.63, 3.8) is 0 Å². The second-order valence-corrected chi connectivity index (χ2v) is 8.23. The first kappa shape index (κ1) is 17.4. The fraction of sp³-hybridized carbons (Fsp3) is 0.286. The molecule has 7 nitrogen and oxygen atoms in total. The number of nitrogens with zero attached hydrogens (tertiary/aromatic N) is 3. The first-order valence-electron chi connectivity index (χ1n) is 7.02. The quantitative estimate of drug-likeness (QED) is 0.817. The van der Waals surface area contributed by atoms with Gasteiger partial charge in [-0.25, -0.2) is 0 Å². The van der Waals surface area contributed by atoms with E-state index in [-0.39, 0.29) is 6.54 Å². The molecule has 1 aromatic carbocycles. The Bertz CT molecular complexity index is 849. The summed E-state index contributed by atoms with van der Waals surface area (Å²) in [5.41, 5.74) is 1.28. The van der Waals surface area contributed by atoms with Gasteiger partial charge >= 0.3 is 0 Å². The molecule has 0 aliphatic carbocycles. The summed E-state index contributed by atoms with van der Waals surface area (Å²) in [7, 11) is -3.33. The number of rotatable bonds is 3. The van der Waals surface area contributed by atoms with Crippen molar-refractivity contribution in [2.75, 3.05) is 18.1 Å². The van der Waals surface area contributed by atoms with E-state index in [1.807, 2.05) is 0 Å². The van der Waals surface area contributed by atoms with Crippen LogP contribution in [0.4, 0.5) is 5.69 Å². The Kier molecular flexibility index (Phi) is 4.67. The number of nitrogens with one attached hydrogen (secondary N) is 1. The molecule has 24 heavy (non-hydrogen) atoms. The third kappa shape index (κ3) is 3.47. The highest BCUT2D eigenvalue weighted by atomic mass is 35.5. The number of anilines is 1. The lowest BCUT2D eigenvalue weighted by Gasteiger charge is -2.29. The van der Waals surface area contributed by atoms with Crippen LogP contribution in [0.15, 0.2) is 24.4 Å². The van der Waals surface area contributed by atoms with Crippen molar-refractivity contribution in [3.05, 3.63) is 45.7 Å². The van der Waals surface area contributed by atoms with Gasteiger partial charge in [-0.15, -0.1) is 4.31 Å². The number of carbonyl (C=O) groups excluding carboxylic acids is 1. The number of carbonyl (C=O) groups is 1. The van der Waals surface area contributed by atoms with Gasteiger partial charge in [-0.05, 0) is 18.2 Å². The van der Waals surface area contributed by atoms with Crippen molar-refractivity contribution in [1.82, 2.24) is 14.1 Å². The molecule has 10 heteroatoms. The van der Waals surface area contributed by atoms with Gasteiger partial charge in [-0.3, -0.25) is 9.48 Å². The smallest absolute Gasteiger partial charge is 0.259 e. The number of sulfonamides is 1. The van der Waals surface area contributed by atoms with Crippen molar-refractivity contribution in [2.45, 2.75) is 13.1 Å². The van der Waals surface area contributed by atoms with E-state index in [0.717, 1.165) is 6.26 Å². The first-order valence-corrected chi connectivity index (χ1v) is 9.62. The lowest BCUT2D eigenvalue weighted by atomic mass is 10.2. The largest absolute Gasteiger partial charge is 0.598 e. The second-order valence-electron chi connectivity index (χ2n) is 5.40. The van der Waals surface area contributed by atoms with Gasteiger partial charge in [0.1, 0.15) is 16.7 Å². The zero-order chi connectivity index (χ0) is 17.5. The number of hydrogen-bond donors (Lipinski definition) is 1. The van der Waals surface area contributed by atoms with Gasteiger partial charge in [0.2, 0.25) is 0 Å². The highest BCUT2D eigenvalue weighted by Crippen LogP contribution is 2.27. The Morgan fingerprint density at radius 3 is 2.79 bits per heavy atom. The Hall–Kier alpha value is -1.45. The van der Waals surface area contributed by atoms with Crippen LogP contribution in [0, 0.1) is 0 Å². The van der Waals surface area contributed by atoms with Crippen LogP contribution in [0.2, 0.25) is 10.0 Å². The number of aromatic nitrogens is 2. The molecule has 1 aromatic heterocycles. The third-order valence-corrected chi connectivity index (χ3v) is 5.53. The van der Waals surface area contributed by atoms with Crippen molar-refractivity contribution in [2.24, 2.45) is 0 Å². The van der Waals surface area contributed by atoms with E-state index in [1.54, 1.807) is 16.8 Å². The van der Waals surface area contributed by atoms with Gasteiger partial charge in [0.05, 0.1) is 47.8 Å². The zero-order valence-electron chi connectivity index (χ0n) is 12.7. The molecule has 0 spiro atoms. The monoisotopic (exact) mass is 388 g/mol. The minimum Gasteiger partial charge on any atom is -0.598 e. The molecule has 2 heterocycles. The Balaban J connectivity index is 1.85.